The summed E-state index contributed by atoms with van der Waals surface area (Å²) in [5, 5.41) is 1.30. The molecule has 0 radical (unpaired) electrons. The molecule has 3 aromatic rings. The first-order chi connectivity index (χ1) is 9.69. The number of aromatic nitrogens is 1. The van der Waals surface area contributed by atoms with Crippen LogP contribution in [0.1, 0.15) is 22.3 Å². The zero-order valence-corrected chi connectivity index (χ0v) is 12.0. The van der Waals surface area contributed by atoms with Gasteiger partial charge in [0.25, 0.3) is 0 Å². The summed E-state index contributed by atoms with van der Waals surface area (Å²) in [5.41, 5.74) is 9.34. The zero-order chi connectivity index (χ0) is 13.9. The second-order valence-electron chi connectivity index (χ2n) is 5.63. The third-order valence-corrected chi connectivity index (χ3v) is 4.40. The van der Waals surface area contributed by atoms with Crippen LogP contribution in [0.15, 0.2) is 30.3 Å². The van der Waals surface area contributed by atoms with E-state index in [1.165, 1.54) is 44.4 Å². The molecule has 2 heteroatoms. The van der Waals surface area contributed by atoms with Crippen LogP contribution >= 0.6 is 0 Å². The van der Waals surface area contributed by atoms with Gasteiger partial charge in [-0.15, -0.1) is 0 Å². The monoisotopic (exact) mass is 263 g/mol. The molecule has 2 nitrogen and oxygen atoms in total. The molecule has 100 valence electrons. The molecule has 0 bridgehead atoms. The number of hydrogen-bond donors (Lipinski definition) is 1. The van der Waals surface area contributed by atoms with Gasteiger partial charge in [-0.3, -0.25) is 0 Å². The Bertz CT molecular complexity index is 842. The van der Waals surface area contributed by atoms with Crippen LogP contribution in [0.4, 0.5) is 0 Å². The smallest absolute Gasteiger partial charge is 0.119 e. The fraction of sp³-hybridized carbons (Fsp3) is 0.222. The molecule has 0 saturated carbocycles. The third kappa shape index (κ3) is 1.39. The van der Waals surface area contributed by atoms with Crippen molar-refractivity contribution in [3.05, 3.63) is 52.6 Å². The number of rotatable bonds is 1. The molecule has 1 aliphatic carbocycles. The molecule has 0 fully saturated rings. The van der Waals surface area contributed by atoms with Crippen molar-refractivity contribution < 1.29 is 4.74 Å². The number of fused-ring (bicyclic) bond motifs is 5. The van der Waals surface area contributed by atoms with E-state index in [-0.39, 0.29) is 0 Å². The van der Waals surface area contributed by atoms with Crippen LogP contribution in [0.2, 0.25) is 0 Å². The fourth-order valence-electron chi connectivity index (χ4n) is 3.43. The number of hydrogen-bond acceptors (Lipinski definition) is 1. The van der Waals surface area contributed by atoms with Crippen LogP contribution in [0.3, 0.4) is 0 Å². The summed E-state index contributed by atoms with van der Waals surface area (Å²) in [7, 11) is 1.73. The van der Waals surface area contributed by atoms with Crippen LogP contribution in [0, 0.1) is 13.8 Å². The van der Waals surface area contributed by atoms with Gasteiger partial charge in [-0.1, -0.05) is 18.2 Å². The van der Waals surface area contributed by atoms with Crippen molar-refractivity contribution in [2.75, 3.05) is 7.11 Å². The molecular formula is C18H17NO. The lowest BCUT2D eigenvalue weighted by Crippen LogP contribution is -1.88. The van der Waals surface area contributed by atoms with Crippen LogP contribution in [0.25, 0.3) is 22.2 Å². The van der Waals surface area contributed by atoms with Gasteiger partial charge in [-0.2, -0.15) is 0 Å². The second kappa shape index (κ2) is 3.89. The van der Waals surface area contributed by atoms with Gasteiger partial charge in [0.1, 0.15) is 5.75 Å². The highest BCUT2D eigenvalue weighted by atomic mass is 16.5. The molecule has 1 aliphatic rings. The van der Waals surface area contributed by atoms with Crippen molar-refractivity contribution in [3.8, 4) is 17.0 Å². The Morgan fingerprint density at radius 1 is 1.10 bits per heavy atom. The van der Waals surface area contributed by atoms with E-state index >= 15 is 0 Å². The Hall–Kier alpha value is -2.22. The highest BCUT2D eigenvalue weighted by molar-refractivity contribution is 5.97. The number of nitrogens with one attached hydrogen (secondary N) is 1. The molecule has 0 atom stereocenters. The Kier molecular flexibility index (Phi) is 2.25. The van der Waals surface area contributed by atoms with Gasteiger partial charge in [0.2, 0.25) is 0 Å². The van der Waals surface area contributed by atoms with Gasteiger partial charge in [0, 0.05) is 22.9 Å². The van der Waals surface area contributed by atoms with Crippen molar-refractivity contribution in [1.82, 2.24) is 4.98 Å². The molecular weight excluding hydrogens is 246 g/mol. The molecule has 2 aromatic carbocycles. The molecule has 1 N–H and O–H groups in total. The largest absolute Gasteiger partial charge is 0.497 e. The third-order valence-electron chi connectivity index (χ3n) is 4.40. The van der Waals surface area contributed by atoms with Gasteiger partial charge in [-0.05, 0) is 48.2 Å². The molecule has 1 aromatic heterocycles. The number of benzene rings is 2. The van der Waals surface area contributed by atoms with Crippen molar-refractivity contribution in [1.29, 1.82) is 0 Å². The summed E-state index contributed by atoms with van der Waals surface area (Å²) < 4.78 is 5.42. The van der Waals surface area contributed by atoms with E-state index in [1.54, 1.807) is 7.11 Å². The molecule has 1 heterocycles. The van der Waals surface area contributed by atoms with E-state index in [2.05, 4.69) is 49.2 Å². The lowest BCUT2D eigenvalue weighted by Gasteiger charge is -2.05. The number of aromatic amines is 1. The van der Waals surface area contributed by atoms with Crippen molar-refractivity contribution in [2.24, 2.45) is 0 Å². The number of H-pyrrole nitrogens is 1. The van der Waals surface area contributed by atoms with Gasteiger partial charge in [0.05, 0.1) is 12.8 Å². The predicted molar refractivity (Wildman–Crippen MR) is 82.6 cm³/mol. The lowest BCUT2D eigenvalue weighted by molar-refractivity contribution is 0.415. The minimum atomic E-state index is 0.935. The van der Waals surface area contributed by atoms with Crippen LogP contribution in [0.5, 0.6) is 5.75 Å². The van der Waals surface area contributed by atoms with E-state index in [4.69, 9.17) is 4.74 Å². The van der Waals surface area contributed by atoms with E-state index in [0.717, 1.165) is 12.2 Å². The highest BCUT2D eigenvalue weighted by Crippen LogP contribution is 2.43. The Morgan fingerprint density at radius 3 is 2.75 bits per heavy atom. The Morgan fingerprint density at radius 2 is 1.95 bits per heavy atom. The van der Waals surface area contributed by atoms with Crippen molar-refractivity contribution in [2.45, 2.75) is 20.3 Å². The van der Waals surface area contributed by atoms with Crippen molar-refractivity contribution >= 4 is 10.9 Å². The van der Waals surface area contributed by atoms with E-state index in [1.807, 2.05) is 0 Å². The van der Waals surface area contributed by atoms with Gasteiger partial charge < -0.3 is 9.72 Å². The summed E-state index contributed by atoms with van der Waals surface area (Å²) in [5.74, 6) is 0.935. The maximum absolute atomic E-state index is 5.42. The number of ether oxygens (including phenoxy) is 1. The maximum atomic E-state index is 5.42. The van der Waals surface area contributed by atoms with Crippen LogP contribution < -0.4 is 4.74 Å². The molecule has 0 saturated heterocycles. The predicted octanol–water partition coefficient (Wildman–Crippen LogP) is 4.36. The SMILES string of the molecule is COc1cc(C)c2[nH]c3c(c2c1)Cc1cccc(C)c1-3. The first-order valence-electron chi connectivity index (χ1n) is 6.97. The van der Waals surface area contributed by atoms with Crippen molar-refractivity contribution in [3.63, 3.8) is 0 Å². The minimum absolute atomic E-state index is 0.935. The van der Waals surface area contributed by atoms with Gasteiger partial charge >= 0.3 is 0 Å². The number of aryl methyl sites for hydroxylation is 2. The second-order valence-corrected chi connectivity index (χ2v) is 5.63. The molecule has 0 spiro atoms. The highest BCUT2D eigenvalue weighted by Gasteiger charge is 2.25. The first-order valence-corrected chi connectivity index (χ1v) is 6.97. The average molecular weight is 263 g/mol. The minimum Gasteiger partial charge on any atom is -0.497 e. The summed E-state index contributed by atoms with van der Waals surface area (Å²) in [6, 6.07) is 10.8. The fourth-order valence-corrected chi connectivity index (χ4v) is 3.43. The Balaban J connectivity index is 2.07. The van der Waals surface area contributed by atoms with Crippen LogP contribution in [-0.2, 0) is 6.42 Å². The van der Waals surface area contributed by atoms with Gasteiger partial charge in [-0.25, -0.2) is 0 Å². The van der Waals surface area contributed by atoms with Crippen LogP contribution in [-0.4, -0.2) is 12.1 Å². The summed E-state index contributed by atoms with van der Waals surface area (Å²) >= 11 is 0. The molecule has 0 amide bonds. The Labute approximate surface area is 118 Å². The topological polar surface area (TPSA) is 25.0 Å². The average Bonchev–Trinajstić information content (AvgIpc) is 2.96. The summed E-state index contributed by atoms with van der Waals surface area (Å²) in [6.07, 6.45) is 1.01. The quantitative estimate of drug-likeness (QED) is 0.542. The van der Waals surface area contributed by atoms with E-state index < -0.39 is 0 Å². The van der Waals surface area contributed by atoms with E-state index in [9.17, 15) is 0 Å². The van der Waals surface area contributed by atoms with E-state index in [0.29, 0.717) is 0 Å². The maximum Gasteiger partial charge on any atom is 0.119 e. The normalized spacial score (nSPS) is 12.6. The molecule has 20 heavy (non-hydrogen) atoms. The summed E-state index contributed by atoms with van der Waals surface area (Å²) in [4.78, 5) is 3.64. The molecule has 0 aliphatic heterocycles. The lowest BCUT2D eigenvalue weighted by atomic mass is 10.0. The molecule has 0 unspecified atom stereocenters. The molecule has 4 rings (SSSR count). The first kappa shape index (κ1) is 11.6. The zero-order valence-electron chi connectivity index (χ0n) is 12.0. The summed E-state index contributed by atoms with van der Waals surface area (Å²) in [6.45, 7) is 4.32. The van der Waals surface area contributed by atoms with Gasteiger partial charge in [0.15, 0.2) is 0 Å². The standard InChI is InChI=1S/C18H17NO/c1-10-5-4-6-12-8-14-15-9-13(20-3)7-11(2)17(15)19-18(14)16(10)12/h4-7,9,19H,8H2,1-3H3. The number of methoxy groups -OCH3 is 1.